The summed E-state index contributed by atoms with van der Waals surface area (Å²) in [7, 11) is 0. The van der Waals surface area contributed by atoms with Crippen LogP contribution in [0.3, 0.4) is 0 Å². The molecule has 38 heavy (non-hydrogen) atoms. The quantitative estimate of drug-likeness (QED) is 0.537. The van der Waals surface area contributed by atoms with Crippen LogP contribution in [-0.4, -0.2) is 64.0 Å². The van der Waals surface area contributed by atoms with Crippen molar-refractivity contribution in [2.75, 3.05) is 19.7 Å². The van der Waals surface area contributed by atoms with Crippen LogP contribution in [0.5, 0.6) is 0 Å². The number of rotatable bonds is 5. The van der Waals surface area contributed by atoms with Gasteiger partial charge in [0.15, 0.2) is 0 Å². The van der Waals surface area contributed by atoms with Crippen LogP contribution in [0.15, 0.2) is 73.1 Å². The Bertz CT molecular complexity index is 1310. The molecule has 0 saturated carbocycles. The first-order valence-electron chi connectivity index (χ1n) is 12.3. The summed E-state index contributed by atoms with van der Waals surface area (Å²) in [6, 6.07) is 14.6. The number of benzene rings is 2. The number of amides is 3. The fourth-order valence-corrected chi connectivity index (χ4v) is 5.07. The van der Waals surface area contributed by atoms with E-state index in [0.29, 0.717) is 36.5 Å². The zero-order chi connectivity index (χ0) is 26.7. The number of pyridine rings is 1. The number of nitrogens with zero attached hydrogens (tertiary/aromatic N) is 3. The maximum absolute atomic E-state index is 13.7. The smallest absolute Gasteiger partial charge is 0.256 e. The van der Waals surface area contributed by atoms with Crippen LogP contribution in [0.4, 0.5) is 4.39 Å². The van der Waals surface area contributed by atoms with Crippen molar-refractivity contribution in [3.05, 3.63) is 101 Å². The highest BCUT2D eigenvalue weighted by molar-refractivity contribution is 6.30. The molecule has 3 aromatic rings. The van der Waals surface area contributed by atoms with Crippen LogP contribution in [0.25, 0.3) is 0 Å². The molecular weight excluding hydrogens is 511 g/mol. The van der Waals surface area contributed by atoms with Gasteiger partial charge in [-0.05, 0) is 66.2 Å². The summed E-state index contributed by atoms with van der Waals surface area (Å²) in [5, 5.41) is 3.43. The normalized spacial score (nSPS) is 18.4. The lowest BCUT2D eigenvalue weighted by atomic mass is 9.96. The van der Waals surface area contributed by atoms with Crippen molar-refractivity contribution in [3.8, 4) is 0 Å². The monoisotopic (exact) mass is 536 g/mol. The van der Waals surface area contributed by atoms with Crippen molar-refractivity contribution in [2.24, 2.45) is 0 Å². The largest absolute Gasteiger partial charge is 0.353 e. The second-order valence-electron chi connectivity index (χ2n) is 9.33. The molecule has 1 aromatic heterocycles. The van der Waals surface area contributed by atoms with E-state index in [4.69, 9.17) is 16.3 Å². The molecule has 5 rings (SSSR count). The van der Waals surface area contributed by atoms with Crippen molar-refractivity contribution in [2.45, 2.75) is 31.2 Å². The zero-order valence-electron chi connectivity index (χ0n) is 20.5. The maximum atomic E-state index is 13.7. The highest BCUT2D eigenvalue weighted by Crippen LogP contribution is 2.39. The Morgan fingerprint density at radius 2 is 1.55 bits per heavy atom. The minimum absolute atomic E-state index is 0.0141. The fraction of sp³-hybridized carbons (Fsp3) is 0.286. The SMILES string of the molecule is O=C(NCc1ccncc1)C1COC2(CCN(C(=O)c3ccc(Cl)cc3)CC2)N1C(=O)c1ccc(F)cc1. The van der Waals surface area contributed by atoms with E-state index >= 15 is 0 Å². The van der Waals surface area contributed by atoms with Gasteiger partial charge >= 0.3 is 0 Å². The number of likely N-dealkylation sites (tertiary alicyclic amines) is 1. The standard InChI is InChI=1S/C28H26ClFN4O4/c29-22-5-1-20(2-6-22)26(36)33-15-11-28(12-16-33)34(27(37)21-3-7-23(30)8-4-21)24(18-38-28)25(35)32-17-19-9-13-31-14-10-19/h1-10,13-14,24H,11-12,15-18H2,(H,32,35). The summed E-state index contributed by atoms with van der Waals surface area (Å²) in [6.45, 7) is 0.951. The lowest BCUT2D eigenvalue weighted by Crippen LogP contribution is -2.59. The summed E-state index contributed by atoms with van der Waals surface area (Å²) in [4.78, 5) is 47.2. The Labute approximate surface area is 224 Å². The molecular formula is C28H26ClFN4O4. The predicted octanol–water partition coefficient (Wildman–Crippen LogP) is 3.66. The third kappa shape index (κ3) is 5.25. The van der Waals surface area contributed by atoms with E-state index in [2.05, 4.69) is 10.3 Å². The number of aromatic nitrogens is 1. The van der Waals surface area contributed by atoms with Crippen molar-refractivity contribution in [1.82, 2.24) is 20.1 Å². The summed E-state index contributed by atoms with van der Waals surface area (Å²) in [5.74, 6) is -1.38. The minimum atomic E-state index is -1.07. The van der Waals surface area contributed by atoms with Gasteiger partial charge in [0.05, 0.1) is 6.61 Å². The average molecular weight is 537 g/mol. The number of ether oxygens (including phenoxy) is 1. The molecule has 3 amide bonds. The second kappa shape index (κ2) is 10.9. The van der Waals surface area contributed by atoms with Gasteiger partial charge in [-0.25, -0.2) is 4.39 Å². The van der Waals surface area contributed by atoms with Gasteiger partial charge in [0.25, 0.3) is 11.8 Å². The molecule has 0 radical (unpaired) electrons. The van der Waals surface area contributed by atoms with Crippen molar-refractivity contribution < 1.29 is 23.5 Å². The van der Waals surface area contributed by atoms with Crippen molar-refractivity contribution >= 4 is 29.3 Å². The molecule has 1 atom stereocenters. The van der Waals surface area contributed by atoms with Gasteiger partial charge in [-0.15, -0.1) is 0 Å². The molecule has 2 aromatic carbocycles. The lowest BCUT2D eigenvalue weighted by Gasteiger charge is -2.44. The molecule has 1 spiro atoms. The molecule has 2 saturated heterocycles. The third-order valence-corrected chi connectivity index (χ3v) is 7.26. The topological polar surface area (TPSA) is 91.8 Å². The predicted molar refractivity (Wildman–Crippen MR) is 138 cm³/mol. The van der Waals surface area contributed by atoms with E-state index in [9.17, 15) is 18.8 Å². The van der Waals surface area contributed by atoms with E-state index in [1.165, 1.54) is 29.2 Å². The molecule has 2 aliphatic heterocycles. The van der Waals surface area contributed by atoms with Crippen LogP contribution in [-0.2, 0) is 16.1 Å². The van der Waals surface area contributed by atoms with Crippen LogP contribution < -0.4 is 5.32 Å². The van der Waals surface area contributed by atoms with E-state index in [1.807, 2.05) is 0 Å². The number of nitrogens with one attached hydrogen (secondary N) is 1. The second-order valence-corrected chi connectivity index (χ2v) is 9.76. The summed E-state index contributed by atoms with van der Waals surface area (Å²) < 4.78 is 19.8. The first-order valence-corrected chi connectivity index (χ1v) is 12.7. The average Bonchev–Trinajstić information content (AvgIpc) is 3.31. The zero-order valence-corrected chi connectivity index (χ0v) is 21.2. The summed E-state index contributed by atoms with van der Waals surface area (Å²) >= 11 is 5.95. The van der Waals surface area contributed by atoms with Gasteiger partial charge in [-0.3, -0.25) is 24.3 Å². The first kappa shape index (κ1) is 25.8. The molecule has 3 heterocycles. The molecule has 8 nitrogen and oxygen atoms in total. The first-order chi connectivity index (χ1) is 18.4. The van der Waals surface area contributed by atoms with Gasteiger partial charge in [-0.1, -0.05) is 11.6 Å². The Morgan fingerprint density at radius 1 is 0.947 bits per heavy atom. The van der Waals surface area contributed by atoms with Gasteiger partial charge in [0.1, 0.15) is 17.6 Å². The van der Waals surface area contributed by atoms with Crippen LogP contribution >= 0.6 is 11.6 Å². The van der Waals surface area contributed by atoms with Crippen LogP contribution in [0, 0.1) is 5.82 Å². The molecule has 196 valence electrons. The van der Waals surface area contributed by atoms with Gasteiger partial charge < -0.3 is 15.0 Å². The number of carbonyl (C=O) groups excluding carboxylic acids is 3. The molecule has 2 fully saturated rings. The Balaban J connectivity index is 1.36. The number of halogens is 2. The maximum Gasteiger partial charge on any atom is 0.256 e. The molecule has 1 N–H and O–H groups in total. The highest BCUT2D eigenvalue weighted by atomic mass is 35.5. The van der Waals surface area contributed by atoms with Gasteiger partial charge in [0.2, 0.25) is 5.91 Å². The number of hydrogen-bond donors (Lipinski definition) is 1. The number of piperidine rings is 1. The molecule has 0 bridgehead atoms. The Hall–Kier alpha value is -3.82. The van der Waals surface area contributed by atoms with Gasteiger partial charge in [-0.2, -0.15) is 0 Å². The highest BCUT2D eigenvalue weighted by Gasteiger charge is 2.54. The van der Waals surface area contributed by atoms with Crippen molar-refractivity contribution in [3.63, 3.8) is 0 Å². The summed E-state index contributed by atoms with van der Waals surface area (Å²) in [5.41, 5.74) is 0.571. The summed E-state index contributed by atoms with van der Waals surface area (Å²) in [6.07, 6.45) is 3.93. The Kier molecular flexibility index (Phi) is 7.40. The fourth-order valence-electron chi connectivity index (χ4n) is 4.94. The van der Waals surface area contributed by atoms with Crippen LogP contribution in [0.2, 0.25) is 5.02 Å². The van der Waals surface area contributed by atoms with E-state index < -0.39 is 23.5 Å². The molecule has 1 unspecified atom stereocenters. The molecule has 0 aliphatic carbocycles. The molecule has 10 heteroatoms. The minimum Gasteiger partial charge on any atom is -0.353 e. The number of hydrogen-bond acceptors (Lipinski definition) is 5. The van der Waals surface area contributed by atoms with Crippen LogP contribution in [0.1, 0.15) is 39.1 Å². The molecule has 2 aliphatic rings. The van der Waals surface area contributed by atoms with E-state index in [1.54, 1.807) is 53.7 Å². The number of carbonyl (C=O) groups is 3. The Morgan fingerprint density at radius 3 is 2.21 bits per heavy atom. The lowest BCUT2D eigenvalue weighted by molar-refractivity contribution is -0.128. The van der Waals surface area contributed by atoms with E-state index in [0.717, 1.165) is 5.56 Å². The van der Waals surface area contributed by atoms with Crippen molar-refractivity contribution in [1.29, 1.82) is 0 Å². The third-order valence-electron chi connectivity index (χ3n) is 7.01. The van der Waals surface area contributed by atoms with Gasteiger partial charge in [0, 0.05) is 61.0 Å². The van der Waals surface area contributed by atoms with E-state index in [-0.39, 0.29) is 30.5 Å².